The third-order valence-corrected chi connectivity index (χ3v) is 4.99. The molecule has 19 heavy (non-hydrogen) atoms. The van der Waals surface area contributed by atoms with Crippen molar-refractivity contribution in [2.75, 3.05) is 6.61 Å². The molecule has 2 aliphatic rings. The maximum absolute atomic E-state index is 6.21. The van der Waals surface area contributed by atoms with Crippen LogP contribution in [0.15, 0.2) is 24.3 Å². The lowest BCUT2D eigenvalue weighted by Crippen LogP contribution is -2.31. The smallest absolute Gasteiger partial charge is 0.120 e. The van der Waals surface area contributed by atoms with Gasteiger partial charge < -0.3 is 10.5 Å². The van der Waals surface area contributed by atoms with Gasteiger partial charge in [-0.15, -0.1) is 0 Å². The second kappa shape index (κ2) is 5.72. The predicted molar refractivity (Wildman–Crippen MR) is 78.5 cm³/mol. The summed E-state index contributed by atoms with van der Waals surface area (Å²) < 4.78 is 5.73. The minimum atomic E-state index is 0.142. The van der Waals surface area contributed by atoms with Crippen LogP contribution >= 0.6 is 11.6 Å². The van der Waals surface area contributed by atoms with E-state index in [1.807, 2.05) is 24.3 Å². The van der Waals surface area contributed by atoms with Crippen molar-refractivity contribution in [3.8, 4) is 5.75 Å². The predicted octanol–water partition coefficient (Wildman–Crippen LogP) is 3.87. The molecule has 0 aliphatic heterocycles. The molecule has 3 rings (SSSR count). The Morgan fingerprint density at radius 1 is 1.32 bits per heavy atom. The summed E-state index contributed by atoms with van der Waals surface area (Å²) in [5, 5.41) is 0.708. The molecule has 104 valence electrons. The van der Waals surface area contributed by atoms with Crippen LogP contribution in [0.4, 0.5) is 0 Å². The minimum absolute atomic E-state index is 0.142. The van der Waals surface area contributed by atoms with E-state index in [1.165, 1.54) is 25.7 Å². The molecule has 2 N–H and O–H groups in total. The van der Waals surface area contributed by atoms with Gasteiger partial charge in [-0.25, -0.2) is 0 Å². The van der Waals surface area contributed by atoms with Gasteiger partial charge in [0, 0.05) is 11.1 Å². The van der Waals surface area contributed by atoms with Gasteiger partial charge in [-0.1, -0.05) is 24.1 Å². The topological polar surface area (TPSA) is 35.2 Å². The van der Waals surface area contributed by atoms with Crippen molar-refractivity contribution in [1.29, 1.82) is 0 Å². The van der Waals surface area contributed by atoms with Gasteiger partial charge in [0.1, 0.15) is 12.4 Å². The van der Waals surface area contributed by atoms with Crippen molar-refractivity contribution in [2.45, 2.75) is 38.1 Å². The Kier molecular flexibility index (Phi) is 3.99. The molecular formula is C16H22ClNO. The molecule has 0 heterocycles. The summed E-state index contributed by atoms with van der Waals surface area (Å²) in [6.07, 6.45) is 6.84. The number of rotatable bonds is 5. The number of benzene rings is 1. The molecule has 1 aromatic rings. The van der Waals surface area contributed by atoms with E-state index >= 15 is 0 Å². The van der Waals surface area contributed by atoms with Crippen LogP contribution < -0.4 is 10.5 Å². The molecule has 4 atom stereocenters. The highest BCUT2D eigenvalue weighted by atomic mass is 35.5. The lowest BCUT2D eigenvalue weighted by Gasteiger charge is -2.24. The van der Waals surface area contributed by atoms with Crippen molar-refractivity contribution in [1.82, 2.24) is 0 Å². The van der Waals surface area contributed by atoms with Gasteiger partial charge in [0.15, 0.2) is 0 Å². The van der Waals surface area contributed by atoms with E-state index in [-0.39, 0.29) is 6.04 Å². The summed E-state index contributed by atoms with van der Waals surface area (Å²) in [5.74, 6) is 3.60. The van der Waals surface area contributed by atoms with Gasteiger partial charge in [0.2, 0.25) is 0 Å². The quantitative estimate of drug-likeness (QED) is 0.888. The lowest BCUT2D eigenvalue weighted by molar-refractivity contribution is 0.234. The minimum Gasteiger partial charge on any atom is -0.492 e. The Labute approximate surface area is 120 Å². The van der Waals surface area contributed by atoms with Crippen LogP contribution in [0.1, 0.15) is 32.1 Å². The molecule has 1 aromatic carbocycles. The van der Waals surface area contributed by atoms with Crippen molar-refractivity contribution < 1.29 is 4.74 Å². The summed E-state index contributed by atoms with van der Waals surface area (Å²) in [4.78, 5) is 0. The SMILES string of the molecule is NC(COc1cccc(Cl)c1)CC1CC2CCC1C2. The molecule has 2 bridgehead atoms. The van der Waals surface area contributed by atoms with Crippen LogP contribution in [-0.2, 0) is 0 Å². The van der Waals surface area contributed by atoms with Gasteiger partial charge in [0.25, 0.3) is 0 Å². The van der Waals surface area contributed by atoms with Gasteiger partial charge in [-0.3, -0.25) is 0 Å². The molecule has 4 unspecified atom stereocenters. The maximum atomic E-state index is 6.21. The highest BCUT2D eigenvalue weighted by molar-refractivity contribution is 6.30. The van der Waals surface area contributed by atoms with Crippen molar-refractivity contribution in [2.24, 2.45) is 23.5 Å². The first-order chi connectivity index (χ1) is 9.20. The lowest BCUT2D eigenvalue weighted by atomic mass is 9.84. The molecule has 3 heteroatoms. The molecule has 2 saturated carbocycles. The van der Waals surface area contributed by atoms with Crippen LogP contribution in [0.3, 0.4) is 0 Å². The number of halogens is 1. The highest BCUT2D eigenvalue weighted by Gasteiger charge is 2.39. The van der Waals surface area contributed by atoms with Gasteiger partial charge in [0.05, 0.1) is 0 Å². The molecule has 2 nitrogen and oxygen atoms in total. The summed E-state index contributed by atoms with van der Waals surface area (Å²) in [7, 11) is 0. The fourth-order valence-electron chi connectivity index (χ4n) is 3.88. The van der Waals surface area contributed by atoms with E-state index in [0.717, 1.165) is 29.9 Å². The molecule has 2 fully saturated rings. The Balaban J connectivity index is 1.45. The molecule has 0 saturated heterocycles. The fourth-order valence-corrected chi connectivity index (χ4v) is 4.06. The van der Waals surface area contributed by atoms with Gasteiger partial charge in [-0.2, -0.15) is 0 Å². The summed E-state index contributed by atoms with van der Waals surface area (Å²) in [6.45, 7) is 0.591. The Bertz CT molecular complexity index is 437. The van der Waals surface area contributed by atoms with E-state index in [0.29, 0.717) is 11.6 Å². The zero-order valence-electron chi connectivity index (χ0n) is 11.2. The summed E-state index contributed by atoms with van der Waals surface area (Å²) in [5.41, 5.74) is 6.21. The number of fused-ring (bicyclic) bond motifs is 2. The first-order valence-electron chi connectivity index (χ1n) is 7.34. The first-order valence-corrected chi connectivity index (χ1v) is 7.72. The molecular weight excluding hydrogens is 258 g/mol. The van der Waals surface area contributed by atoms with E-state index in [2.05, 4.69) is 0 Å². The van der Waals surface area contributed by atoms with E-state index in [9.17, 15) is 0 Å². The third-order valence-electron chi connectivity index (χ3n) is 4.75. The molecule has 0 radical (unpaired) electrons. The summed E-state index contributed by atoms with van der Waals surface area (Å²) >= 11 is 5.93. The van der Waals surface area contributed by atoms with Crippen LogP contribution in [0.5, 0.6) is 5.75 Å². The van der Waals surface area contributed by atoms with Crippen molar-refractivity contribution >= 4 is 11.6 Å². The Morgan fingerprint density at radius 3 is 2.89 bits per heavy atom. The van der Waals surface area contributed by atoms with Gasteiger partial charge >= 0.3 is 0 Å². The number of ether oxygens (including phenoxy) is 1. The average Bonchev–Trinajstić information content (AvgIpc) is 2.99. The first kappa shape index (κ1) is 13.3. The van der Waals surface area contributed by atoms with Gasteiger partial charge in [-0.05, 0) is 61.6 Å². The van der Waals surface area contributed by atoms with Crippen LogP contribution in [0.25, 0.3) is 0 Å². The second-order valence-electron chi connectivity index (χ2n) is 6.20. The van der Waals surface area contributed by atoms with E-state index in [1.54, 1.807) is 0 Å². The fraction of sp³-hybridized carbons (Fsp3) is 0.625. The van der Waals surface area contributed by atoms with Crippen LogP contribution in [-0.4, -0.2) is 12.6 Å². The standard InChI is InChI=1S/C16H22ClNO/c17-14-2-1-3-16(9-14)19-10-15(18)8-13-7-11-4-5-12(13)6-11/h1-3,9,11-13,15H,4-8,10,18H2. The highest BCUT2D eigenvalue weighted by Crippen LogP contribution is 2.49. The zero-order valence-corrected chi connectivity index (χ0v) is 12.0. The normalized spacial score (nSPS) is 30.5. The molecule has 0 amide bonds. The molecule has 2 aliphatic carbocycles. The molecule has 0 aromatic heterocycles. The largest absolute Gasteiger partial charge is 0.492 e. The van der Waals surface area contributed by atoms with E-state index < -0.39 is 0 Å². The number of hydrogen-bond acceptors (Lipinski definition) is 2. The second-order valence-corrected chi connectivity index (χ2v) is 6.64. The van der Waals surface area contributed by atoms with Crippen molar-refractivity contribution in [3.05, 3.63) is 29.3 Å². The zero-order chi connectivity index (χ0) is 13.2. The third kappa shape index (κ3) is 3.24. The molecule has 0 spiro atoms. The Morgan fingerprint density at radius 2 is 2.21 bits per heavy atom. The summed E-state index contributed by atoms with van der Waals surface area (Å²) in [6, 6.07) is 7.66. The number of hydrogen-bond donors (Lipinski definition) is 1. The van der Waals surface area contributed by atoms with E-state index in [4.69, 9.17) is 22.1 Å². The van der Waals surface area contributed by atoms with Crippen LogP contribution in [0.2, 0.25) is 5.02 Å². The monoisotopic (exact) mass is 279 g/mol. The maximum Gasteiger partial charge on any atom is 0.120 e. The van der Waals surface area contributed by atoms with Crippen molar-refractivity contribution in [3.63, 3.8) is 0 Å². The number of nitrogens with two attached hydrogens (primary N) is 1. The Hall–Kier alpha value is -0.730. The average molecular weight is 280 g/mol. The van der Waals surface area contributed by atoms with Crippen LogP contribution in [0, 0.1) is 17.8 Å².